The Morgan fingerprint density at radius 1 is 1.30 bits per heavy atom. The van der Waals surface area contributed by atoms with Gasteiger partial charge < -0.3 is 10.4 Å². The summed E-state index contributed by atoms with van der Waals surface area (Å²) in [6.45, 7) is 5.96. The van der Waals surface area contributed by atoms with Crippen molar-refractivity contribution in [1.29, 1.82) is 0 Å². The molecule has 1 aliphatic carbocycles. The van der Waals surface area contributed by atoms with E-state index in [-0.39, 0.29) is 0 Å². The van der Waals surface area contributed by atoms with Crippen molar-refractivity contribution in [3.05, 3.63) is 41.3 Å². The van der Waals surface area contributed by atoms with Crippen molar-refractivity contribution >= 4 is 11.9 Å². The number of nitrogens with one attached hydrogen (secondary N) is 1. The van der Waals surface area contributed by atoms with Crippen LogP contribution in [0.4, 0.5) is 0 Å². The summed E-state index contributed by atoms with van der Waals surface area (Å²) in [5.74, 6) is -0.206. The van der Waals surface area contributed by atoms with Crippen molar-refractivity contribution in [2.45, 2.75) is 58.4 Å². The molecule has 3 rings (SSSR count). The fraction of sp³-hybridized carbons (Fsp3) is 0.500. The van der Waals surface area contributed by atoms with Gasteiger partial charge >= 0.3 is 5.97 Å². The zero-order chi connectivity index (χ0) is 19.6. The minimum atomic E-state index is -1.18. The van der Waals surface area contributed by atoms with E-state index < -0.39 is 17.4 Å². The molecule has 0 saturated heterocycles. The van der Waals surface area contributed by atoms with Gasteiger partial charge in [0.1, 0.15) is 5.54 Å². The molecule has 0 spiro atoms. The predicted molar refractivity (Wildman–Crippen MR) is 101 cm³/mol. The number of carbonyl (C=O) groups excluding carboxylic acids is 1. The molecular weight excluding hydrogens is 344 g/mol. The van der Waals surface area contributed by atoms with E-state index in [0.717, 1.165) is 30.7 Å². The summed E-state index contributed by atoms with van der Waals surface area (Å²) in [5.41, 5.74) is 1.01. The van der Waals surface area contributed by atoms with E-state index in [9.17, 15) is 14.7 Å². The molecule has 0 unspecified atom stereocenters. The molecule has 0 bridgehead atoms. The van der Waals surface area contributed by atoms with Crippen LogP contribution >= 0.6 is 0 Å². The first-order chi connectivity index (χ1) is 12.8. The molecule has 1 fully saturated rings. The van der Waals surface area contributed by atoms with Gasteiger partial charge in [-0.1, -0.05) is 13.3 Å². The number of amides is 1. The summed E-state index contributed by atoms with van der Waals surface area (Å²) in [4.78, 5) is 28.9. The minimum Gasteiger partial charge on any atom is -0.480 e. The second-order valence-electron chi connectivity index (χ2n) is 7.44. The van der Waals surface area contributed by atoms with Gasteiger partial charge in [0, 0.05) is 11.9 Å². The van der Waals surface area contributed by atoms with Crippen molar-refractivity contribution < 1.29 is 14.7 Å². The van der Waals surface area contributed by atoms with Gasteiger partial charge in [0.05, 0.1) is 11.3 Å². The molecule has 0 aromatic carbocycles. The van der Waals surface area contributed by atoms with E-state index in [0.29, 0.717) is 30.1 Å². The van der Waals surface area contributed by atoms with Gasteiger partial charge in [0.25, 0.3) is 5.91 Å². The Morgan fingerprint density at radius 2 is 2.00 bits per heavy atom. The topological polar surface area (TPSA) is 97.1 Å². The van der Waals surface area contributed by atoms with Crippen molar-refractivity contribution in [1.82, 2.24) is 20.1 Å². The van der Waals surface area contributed by atoms with Gasteiger partial charge in [-0.05, 0) is 63.6 Å². The van der Waals surface area contributed by atoms with E-state index in [1.165, 1.54) is 6.20 Å². The molecule has 7 heteroatoms. The Labute approximate surface area is 158 Å². The van der Waals surface area contributed by atoms with E-state index in [1.807, 2.05) is 19.9 Å². The Balaban J connectivity index is 1.75. The first-order valence-corrected chi connectivity index (χ1v) is 9.40. The molecule has 27 heavy (non-hydrogen) atoms. The number of aromatic nitrogens is 3. The van der Waals surface area contributed by atoms with Crippen molar-refractivity contribution in [2.24, 2.45) is 5.92 Å². The number of carboxylic acid groups (broad SMARTS) is 1. The Morgan fingerprint density at radius 3 is 2.48 bits per heavy atom. The first kappa shape index (κ1) is 19.1. The molecular formula is C20H26N4O3. The number of hydrogen-bond donors (Lipinski definition) is 2. The Hall–Kier alpha value is -2.70. The maximum atomic E-state index is 12.7. The molecule has 7 nitrogen and oxygen atoms in total. The van der Waals surface area contributed by atoms with Crippen LogP contribution in [0.1, 0.15) is 60.8 Å². The molecule has 2 aromatic rings. The number of nitrogens with zero attached hydrogens (tertiary/aromatic N) is 3. The average Bonchev–Trinajstić information content (AvgIpc) is 3.00. The lowest BCUT2D eigenvalue weighted by molar-refractivity contribution is -0.146. The number of carbonyl (C=O) groups is 2. The number of pyridine rings is 1. The maximum Gasteiger partial charge on any atom is 0.329 e. The van der Waals surface area contributed by atoms with Crippen LogP contribution in [-0.2, 0) is 4.79 Å². The van der Waals surface area contributed by atoms with E-state index >= 15 is 0 Å². The summed E-state index contributed by atoms with van der Waals surface area (Å²) in [6, 6.07) is 5.32. The highest BCUT2D eigenvalue weighted by molar-refractivity contribution is 5.97. The van der Waals surface area contributed by atoms with Gasteiger partial charge in [0.15, 0.2) is 5.82 Å². The summed E-state index contributed by atoms with van der Waals surface area (Å²) in [5, 5.41) is 16.9. The van der Waals surface area contributed by atoms with Crippen LogP contribution in [0.3, 0.4) is 0 Å². The number of carboxylic acids is 1. The first-order valence-electron chi connectivity index (χ1n) is 9.40. The van der Waals surface area contributed by atoms with Gasteiger partial charge in [-0.15, -0.1) is 0 Å². The second-order valence-corrected chi connectivity index (χ2v) is 7.44. The largest absolute Gasteiger partial charge is 0.480 e. The van der Waals surface area contributed by atoms with Gasteiger partial charge in [-0.25, -0.2) is 14.5 Å². The lowest BCUT2D eigenvalue weighted by Crippen LogP contribution is -2.56. The van der Waals surface area contributed by atoms with E-state index in [4.69, 9.17) is 0 Å². The number of aliphatic carboxylic acids is 1. The lowest BCUT2D eigenvalue weighted by atomic mass is 9.75. The number of aryl methyl sites for hydroxylation is 2. The van der Waals surface area contributed by atoms with Gasteiger partial charge in [0.2, 0.25) is 0 Å². The molecule has 0 radical (unpaired) electrons. The smallest absolute Gasteiger partial charge is 0.329 e. The van der Waals surface area contributed by atoms with Gasteiger partial charge in [-0.3, -0.25) is 4.79 Å². The van der Waals surface area contributed by atoms with Crippen LogP contribution in [0.15, 0.2) is 24.4 Å². The molecule has 144 valence electrons. The standard InChI is InChI=1S/C20H26N4O3/c1-4-15-7-9-20(10-8-15,19(26)27)22-18(25)16-5-6-17(21-12-16)24-14(3)11-13(2)23-24/h5-6,11-12,15H,4,7-10H2,1-3H3,(H,22,25)(H,26,27). The fourth-order valence-corrected chi connectivity index (χ4v) is 3.77. The zero-order valence-corrected chi connectivity index (χ0v) is 16.0. The predicted octanol–water partition coefficient (Wildman–Crippen LogP) is 3.04. The average molecular weight is 370 g/mol. The highest BCUT2D eigenvalue weighted by atomic mass is 16.4. The molecule has 0 aliphatic heterocycles. The van der Waals surface area contributed by atoms with Crippen LogP contribution in [0.2, 0.25) is 0 Å². The van der Waals surface area contributed by atoms with Crippen LogP contribution in [0, 0.1) is 19.8 Å². The molecule has 1 saturated carbocycles. The Bertz CT molecular complexity index is 833. The van der Waals surface area contributed by atoms with E-state index in [2.05, 4.69) is 22.3 Å². The monoisotopic (exact) mass is 370 g/mol. The van der Waals surface area contributed by atoms with Crippen LogP contribution in [0.5, 0.6) is 0 Å². The quantitative estimate of drug-likeness (QED) is 0.843. The third-order valence-corrected chi connectivity index (χ3v) is 5.53. The molecule has 2 heterocycles. The summed E-state index contributed by atoms with van der Waals surface area (Å²) in [7, 11) is 0. The third kappa shape index (κ3) is 3.86. The molecule has 1 aliphatic rings. The highest BCUT2D eigenvalue weighted by Gasteiger charge is 2.43. The summed E-state index contributed by atoms with van der Waals surface area (Å²) >= 11 is 0. The van der Waals surface area contributed by atoms with Crippen molar-refractivity contribution in [3.8, 4) is 5.82 Å². The molecule has 2 aromatic heterocycles. The number of rotatable bonds is 5. The highest BCUT2D eigenvalue weighted by Crippen LogP contribution is 2.34. The van der Waals surface area contributed by atoms with Crippen molar-refractivity contribution in [3.63, 3.8) is 0 Å². The van der Waals surface area contributed by atoms with E-state index in [1.54, 1.807) is 16.8 Å². The summed E-state index contributed by atoms with van der Waals surface area (Å²) in [6.07, 6.45) is 5.07. The fourth-order valence-electron chi connectivity index (χ4n) is 3.77. The van der Waals surface area contributed by atoms with Gasteiger partial charge in [-0.2, -0.15) is 5.10 Å². The summed E-state index contributed by atoms with van der Waals surface area (Å²) < 4.78 is 1.71. The normalized spacial score (nSPS) is 22.4. The SMILES string of the molecule is CCC1CCC(NC(=O)c2ccc(-n3nc(C)cc3C)nc2)(C(=O)O)CC1. The second kappa shape index (κ2) is 7.50. The maximum absolute atomic E-state index is 12.7. The van der Waals surface area contributed by atoms with Crippen LogP contribution < -0.4 is 5.32 Å². The molecule has 2 N–H and O–H groups in total. The lowest BCUT2D eigenvalue weighted by Gasteiger charge is -2.37. The third-order valence-electron chi connectivity index (χ3n) is 5.53. The zero-order valence-electron chi connectivity index (χ0n) is 16.0. The minimum absolute atomic E-state index is 0.346. The molecule has 1 amide bonds. The Kier molecular flexibility index (Phi) is 5.30. The molecule has 0 atom stereocenters. The van der Waals surface area contributed by atoms with Crippen LogP contribution in [-0.4, -0.2) is 37.3 Å². The van der Waals surface area contributed by atoms with Crippen LogP contribution in [0.25, 0.3) is 5.82 Å². The van der Waals surface area contributed by atoms with Crippen molar-refractivity contribution in [2.75, 3.05) is 0 Å². The number of hydrogen-bond acceptors (Lipinski definition) is 4.